The zero-order valence-corrected chi connectivity index (χ0v) is 14.1. The van der Waals surface area contributed by atoms with Crippen molar-refractivity contribution in [2.75, 3.05) is 42.1 Å². The van der Waals surface area contributed by atoms with E-state index < -0.39 is 0 Å². The Morgan fingerprint density at radius 1 is 1.08 bits per heavy atom. The van der Waals surface area contributed by atoms with Gasteiger partial charge < -0.3 is 20.9 Å². The highest BCUT2D eigenvalue weighted by atomic mass is 16.2. The fraction of sp³-hybridized carbons (Fsp3) is 0.706. The van der Waals surface area contributed by atoms with Crippen molar-refractivity contribution < 1.29 is 4.79 Å². The SMILES string of the molecule is Nc1nc(NC2CC2)cc(N2CCC(C(=O)N3CCCC3)CC2)n1. The molecule has 7 heteroatoms. The lowest BCUT2D eigenvalue weighted by Gasteiger charge is -2.34. The molecule has 2 saturated heterocycles. The van der Waals surface area contributed by atoms with Crippen molar-refractivity contribution in [3.8, 4) is 0 Å². The number of hydrogen-bond acceptors (Lipinski definition) is 6. The van der Waals surface area contributed by atoms with Gasteiger partial charge in [-0.25, -0.2) is 0 Å². The predicted octanol–water partition coefficient (Wildman–Crippen LogP) is 1.47. The molecule has 1 aromatic heterocycles. The Morgan fingerprint density at radius 3 is 2.46 bits per heavy atom. The molecule has 130 valence electrons. The number of anilines is 3. The van der Waals surface area contributed by atoms with Crippen LogP contribution in [0.3, 0.4) is 0 Å². The van der Waals surface area contributed by atoms with E-state index in [1.807, 2.05) is 11.0 Å². The molecule has 1 aromatic rings. The van der Waals surface area contributed by atoms with Gasteiger partial charge in [0.2, 0.25) is 11.9 Å². The third-order valence-corrected chi connectivity index (χ3v) is 5.25. The summed E-state index contributed by atoms with van der Waals surface area (Å²) in [5.41, 5.74) is 5.87. The molecule has 7 nitrogen and oxygen atoms in total. The molecule has 4 rings (SSSR count). The minimum Gasteiger partial charge on any atom is -0.368 e. The van der Waals surface area contributed by atoms with Crippen molar-refractivity contribution in [1.29, 1.82) is 0 Å². The van der Waals surface area contributed by atoms with Crippen molar-refractivity contribution >= 4 is 23.5 Å². The predicted molar refractivity (Wildman–Crippen MR) is 93.8 cm³/mol. The van der Waals surface area contributed by atoms with Crippen LogP contribution < -0.4 is 16.0 Å². The second-order valence-corrected chi connectivity index (χ2v) is 7.18. The molecule has 2 aliphatic heterocycles. The van der Waals surface area contributed by atoms with E-state index >= 15 is 0 Å². The van der Waals surface area contributed by atoms with Gasteiger partial charge in [0.15, 0.2) is 0 Å². The van der Waals surface area contributed by atoms with E-state index in [0.29, 0.717) is 17.9 Å². The number of amides is 1. The Kier molecular flexibility index (Phi) is 4.16. The highest BCUT2D eigenvalue weighted by Gasteiger charge is 2.30. The van der Waals surface area contributed by atoms with E-state index in [1.54, 1.807) is 0 Å². The number of piperidine rings is 1. The molecule has 0 unspecified atom stereocenters. The summed E-state index contributed by atoms with van der Waals surface area (Å²) in [6.45, 7) is 3.59. The summed E-state index contributed by atoms with van der Waals surface area (Å²) in [5.74, 6) is 2.52. The van der Waals surface area contributed by atoms with E-state index in [4.69, 9.17) is 5.73 Å². The van der Waals surface area contributed by atoms with Gasteiger partial charge in [-0.2, -0.15) is 9.97 Å². The molecule has 0 bridgehead atoms. The maximum atomic E-state index is 12.5. The number of carbonyl (C=O) groups excluding carboxylic acids is 1. The minimum absolute atomic E-state index is 0.169. The molecule has 0 aromatic carbocycles. The average Bonchev–Trinajstić information content (AvgIpc) is 3.23. The number of aromatic nitrogens is 2. The lowest BCUT2D eigenvalue weighted by Crippen LogP contribution is -2.42. The van der Waals surface area contributed by atoms with Gasteiger partial charge in [-0.15, -0.1) is 0 Å². The quantitative estimate of drug-likeness (QED) is 0.869. The smallest absolute Gasteiger partial charge is 0.225 e. The van der Waals surface area contributed by atoms with Gasteiger partial charge in [0.05, 0.1) is 0 Å². The Balaban J connectivity index is 1.38. The highest BCUT2D eigenvalue weighted by Crippen LogP contribution is 2.28. The van der Waals surface area contributed by atoms with Crippen molar-refractivity contribution in [2.24, 2.45) is 5.92 Å². The fourth-order valence-corrected chi connectivity index (χ4v) is 3.68. The van der Waals surface area contributed by atoms with Crippen LogP contribution in [0.5, 0.6) is 0 Å². The molecule has 0 radical (unpaired) electrons. The first kappa shape index (κ1) is 15.5. The maximum absolute atomic E-state index is 12.5. The second-order valence-electron chi connectivity index (χ2n) is 7.18. The number of rotatable bonds is 4. The average molecular weight is 330 g/mol. The molecule has 3 N–H and O–H groups in total. The fourth-order valence-electron chi connectivity index (χ4n) is 3.68. The zero-order valence-electron chi connectivity index (χ0n) is 14.1. The molecule has 1 aliphatic carbocycles. The lowest BCUT2D eigenvalue weighted by atomic mass is 9.95. The van der Waals surface area contributed by atoms with Crippen LogP contribution in [0.4, 0.5) is 17.6 Å². The molecular weight excluding hydrogens is 304 g/mol. The summed E-state index contributed by atoms with van der Waals surface area (Å²) in [7, 11) is 0. The molecular formula is C17H26N6O. The van der Waals surface area contributed by atoms with E-state index in [-0.39, 0.29) is 5.92 Å². The van der Waals surface area contributed by atoms with Crippen LogP contribution in [0.25, 0.3) is 0 Å². The molecule has 3 fully saturated rings. The number of likely N-dealkylation sites (tertiary alicyclic amines) is 1. The number of nitrogen functional groups attached to an aromatic ring is 1. The molecule has 0 atom stereocenters. The third-order valence-electron chi connectivity index (χ3n) is 5.25. The topological polar surface area (TPSA) is 87.4 Å². The van der Waals surface area contributed by atoms with Gasteiger partial charge in [-0.1, -0.05) is 0 Å². The standard InChI is InChI=1S/C17H26N6O/c18-17-20-14(19-13-3-4-13)11-15(21-17)22-9-5-12(6-10-22)16(24)23-7-1-2-8-23/h11-13H,1-10H2,(H3,18,19,20,21). The van der Waals surface area contributed by atoms with Crippen molar-refractivity contribution in [3.63, 3.8) is 0 Å². The van der Waals surface area contributed by atoms with Gasteiger partial charge >= 0.3 is 0 Å². The molecule has 3 aliphatic rings. The van der Waals surface area contributed by atoms with Crippen LogP contribution >= 0.6 is 0 Å². The van der Waals surface area contributed by atoms with Gasteiger partial charge in [0.25, 0.3) is 0 Å². The summed E-state index contributed by atoms with van der Waals surface area (Å²) < 4.78 is 0. The molecule has 0 spiro atoms. The first-order valence-electron chi connectivity index (χ1n) is 9.14. The third kappa shape index (κ3) is 3.39. The van der Waals surface area contributed by atoms with E-state index in [0.717, 1.165) is 63.5 Å². The van der Waals surface area contributed by atoms with Gasteiger partial charge in [-0.3, -0.25) is 4.79 Å². The number of carbonyl (C=O) groups is 1. The molecule has 1 saturated carbocycles. The lowest BCUT2D eigenvalue weighted by molar-refractivity contribution is -0.135. The Hall–Kier alpha value is -2.05. The molecule has 1 amide bonds. The summed E-state index contributed by atoms with van der Waals surface area (Å²) in [6.07, 6.45) is 6.49. The van der Waals surface area contributed by atoms with Crippen molar-refractivity contribution in [1.82, 2.24) is 14.9 Å². The monoisotopic (exact) mass is 330 g/mol. The van der Waals surface area contributed by atoms with Gasteiger partial charge in [0.1, 0.15) is 11.6 Å². The Labute approximate surface area is 142 Å². The van der Waals surface area contributed by atoms with Crippen LogP contribution in [-0.2, 0) is 4.79 Å². The van der Waals surface area contributed by atoms with E-state index in [1.165, 1.54) is 12.8 Å². The highest BCUT2D eigenvalue weighted by molar-refractivity contribution is 5.79. The Bertz CT molecular complexity index is 603. The summed E-state index contributed by atoms with van der Waals surface area (Å²) in [5, 5.41) is 3.38. The van der Waals surface area contributed by atoms with Gasteiger partial charge in [0, 0.05) is 44.2 Å². The number of nitrogens with two attached hydrogens (primary N) is 1. The largest absolute Gasteiger partial charge is 0.368 e. The minimum atomic E-state index is 0.169. The molecule has 24 heavy (non-hydrogen) atoms. The summed E-state index contributed by atoms with van der Waals surface area (Å²) >= 11 is 0. The molecule has 3 heterocycles. The summed E-state index contributed by atoms with van der Waals surface area (Å²) in [6, 6.07) is 2.52. The van der Waals surface area contributed by atoms with Gasteiger partial charge in [-0.05, 0) is 38.5 Å². The normalized spacial score (nSPS) is 22.0. The zero-order chi connectivity index (χ0) is 16.5. The second kappa shape index (κ2) is 6.45. The van der Waals surface area contributed by atoms with E-state index in [2.05, 4.69) is 20.2 Å². The van der Waals surface area contributed by atoms with Crippen LogP contribution in [0.1, 0.15) is 38.5 Å². The summed E-state index contributed by atoms with van der Waals surface area (Å²) in [4.78, 5) is 25.5. The van der Waals surface area contributed by atoms with Crippen LogP contribution in [0.15, 0.2) is 6.07 Å². The van der Waals surface area contributed by atoms with Crippen molar-refractivity contribution in [2.45, 2.75) is 44.6 Å². The first-order valence-corrected chi connectivity index (χ1v) is 9.14. The number of nitrogens with one attached hydrogen (secondary N) is 1. The number of nitrogens with zero attached hydrogens (tertiary/aromatic N) is 4. The van der Waals surface area contributed by atoms with E-state index in [9.17, 15) is 4.79 Å². The maximum Gasteiger partial charge on any atom is 0.225 e. The first-order chi connectivity index (χ1) is 11.7. The van der Waals surface area contributed by atoms with Crippen LogP contribution in [-0.4, -0.2) is 53.0 Å². The van der Waals surface area contributed by atoms with Crippen LogP contribution in [0, 0.1) is 5.92 Å². The Morgan fingerprint density at radius 2 is 1.79 bits per heavy atom. The van der Waals surface area contributed by atoms with Crippen LogP contribution in [0.2, 0.25) is 0 Å². The number of hydrogen-bond donors (Lipinski definition) is 2. The van der Waals surface area contributed by atoms with Crippen molar-refractivity contribution in [3.05, 3.63) is 6.07 Å².